The van der Waals surface area contributed by atoms with Crippen LogP contribution in [0.5, 0.6) is 0 Å². The predicted molar refractivity (Wildman–Crippen MR) is 82.4 cm³/mol. The Bertz CT molecular complexity index is 363. The van der Waals surface area contributed by atoms with Crippen molar-refractivity contribution in [3.05, 3.63) is 35.4 Å². The van der Waals surface area contributed by atoms with Gasteiger partial charge in [0.25, 0.3) is 0 Å². The van der Waals surface area contributed by atoms with Crippen LogP contribution in [-0.4, -0.2) is 42.0 Å². The molecule has 1 aromatic rings. The normalized spacial score (nSPS) is 19.5. The van der Waals surface area contributed by atoms with Gasteiger partial charge in [0.1, 0.15) is 0 Å². The summed E-state index contributed by atoms with van der Waals surface area (Å²) in [7, 11) is 0. The van der Waals surface area contributed by atoms with Crippen molar-refractivity contribution in [2.75, 3.05) is 26.2 Å². The van der Waals surface area contributed by atoms with E-state index in [1.807, 2.05) is 0 Å². The molecular weight excluding hydrogens is 232 g/mol. The van der Waals surface area contributed by atoms with Crippen LogP contribution in [0.1, 0.15) is 38.3 Å². The van der Waals surface area contributed by atoms with Crippen molar-refractivity contribution >= 4 is 0 Å². The zero-order valence-electron chi connectivity index (χ0n) is 12.7. The monoisotopic (exact) mass is 260 g/mol. The second-order valence-corrected chi connectivity index (χ2v) is 5.74. The minimum atomic E-state index is 0.742. The maximum atomic E-state index is 2.62. The van der Waals surface area contributed by atoms with Gasteiger partial charge in [0.2, 0.25) is 0 Å². The first-order valence-corrected chi connectivity index (χ1v) is 7.77. The van der Waals surface area contributed by atoms with Gasteiger partial charge in [0.05, 0.1) is 0 Å². The molecule has 0 aliphatic carbocycles. The van der Waals surface area contributed by atoms with Crippen LogP contribution in [0.3, 0.4) is 0 Å². The topological polar surface area (TPSA) is 6.48 Å². The summed E-state index contributed by atoms with van der Waals surface area (Å²) in [6.07, 6.45) is 2.40. The molecule has 1 aliphatic heterocycles. The lowest BCUT2D eigenvalue weighted by molar-refractivity contribution is 0.0964. The molecular formula is C17H28N2. The van der Waals surface area contributed by atoms with Gasteiger partial charge in [-0.2, -0.15) is 0 Å². The molecule has 0 spiro atoms. The highest BCUT2D eigenvalue weighted by molar-refractivity contribution is 5.22. The molecule has 0 saturated carbocycles. The number of rotatable bonds is 5. The fourth-order valence-electron chi connectivity index (χ4n) is 2.76. The zero-order valence-corrected chi connectivity index (χ0v) is 12.7. The van der Waals surface area contributed by atoms with Crippen LogP contribution in [0.2, 0.25) is 0 Å². The van der Waals surface area contributed by atoms with Crippen molar-refractivity contribution in [2.45, 2.75) is 46.2 Å². The van der Waals surface area contributed by atoms with E-state index in [1.54, 1.807) is 0 Å². The van der Waals surface area contributed by atoms with Gasteiger partial charge in [0, 0.05) is 38.8 Å². The molecule has 2 nitrogen and oxygen atoms in total. The number of piperazine rings is 1. The van der Waals surface area contributed by atoms with Gasteiger partial charge in [-0.15, -0.1) is 0 Å². The fourth-order valence-corrected chi connectivity index (χ4v) is 2.76. The second-order valence-electron chi connectivity index (χ2n) is 5.74. The van der Waals surface area contributed by atoms with E-state index in [-0.39, 0.29) is 0 Å². The third-order valence-electron chi connectivity index (χ3n) is 4.46. The number of benzene rings is 1. The highest BCUT2D eigenvalue weighted by Gasteiger charge is 2.19. The van der Waals surface area contributed by atoms with Gasteiger partial charge in [-0.25, -0.2) is 0 Å². The number of hydrogen-bond acceptors (Lipinski definition) is 2. The highest BCUT2D eigenvalue weighted by atomic mass is 15.3. The van der Waals surface area contributed by atoms with Gasteiger partial charge in [0.15, 0.2) is 0 Å². The molecule has 1 aliphatic rings. The molecule has 0 aromatic heterocycles. The summed E-state index contributed by atoms with van der Waals surface area (Å²) in [6, 6.07) is 9.86. The lowest BCUT2D eigenvalue weighted by atomic mass is 10.1. The predicted octanol–water partition coefficient (Wildman–Crippen LogP) is 3.17. The first kappa shape index (κ1) is 14.5. The van der Waals surface area contributed by atoms with Crippen LogP contribution in [0, 0.1) is 0 Å². The molecule has 0 amide bonds. The van der Waals surface area contributed by atoms with Crippen molar-refractivity contribution < 1.29 is 0 Å². The standard InChI is InChI=1S/C17H28N2/c1-4-15(3)19-12-10-18(11-13-19)14-17-8-6-16(5-2)7-9-17/h6-9,15H,4-5,10-14H2,1-3H3. The Morgan fingerprint density at radius 3 is 2.05 bits per heavy atom. The fraction of sp³-hybridized carbons (Fsp3) is 0.647. The molecule has 1 aromatic carbocycles. The average Bonchev–Trinajstić information content (AvgIpc) is 2.48. The summed E-state index contributed by atoms with van der Waals surface area (Å²) in [5.74, 6) is 0. The van der Waals surface area contributed by atoms with Crippen LogP contribution in [0.4, 0.5) is 0 Å². The van der Waals surface area contributed by atoms with Crippen molar-refractivity contribution in [2.24, 2.45) is 0 Å². The molecule has 2 rings (SSSR count). The third kappa shape index (κ3) is 4.05. The average molecular weight is 260 g/mol. The molecule has 0 N–H and O–H groups in total. The molecule has 1 fully saturated rings. The van der Waals surface area contributed by atoms with E-state index in [0.29, 0.717) is 0 Å². The lowest BCUT2D eigenvalue weighted by Gasteiger charge is -2.37. The van der Waals surface area contributed by atoms with Gasteiger partial charge in [-0.1, -0.05) is 38.1 Å². The largest absolute Gasteiger partial charge is 0.298 e. The molecule has 1 unspecified atom stereocenters. The summed E-state index contributed by atoms with van der Waals surface area (Å²) in [5, 5.41) is 0. The molecule has 0 radical (unpaired) electrons. The number of nitrogens with zero attached hydrogens (tertiary/aromatic N) is 2. The molecule has 1 atom stereocenters. The minimum Gasteiger partial charge on any atom is -0.298 e. The second kappa shape index (κ2) is 7.06. The highest BCUT2D eigenvalue weighted by Crippen LogP contribution is 2.12. The Morgan fingerprint density at radius 1 is 0.947 bits per heavy atom. The van der Waals surface area contributed by atoms with Crippen molar-refractivity contribution in [3.8, 4) is 0 Å². The van der Waals surface area contributed by atoms with Crippen LogP contribution in [0.25, 0.3) is 0 Å². The number of hydrogen-bond donors (Lipinski definition) is 0. The molecule has 0 bridgehead atoms. The molecule has 1 saturated heterocycles. The van der Waals surface area contributed by atoms with Gasteiger partial charge in [-0.3, -0.25) is 9.80 Å². The van der Waals surface area contributed by atoms with Gasteiger partial charge >= 0.3 is 0 Å². The van der Waals surface area contributed by atoms with E-state index in [1.165, 1.54) is 43.7 Å². The summed E-state index contributed by atoms with van der Waals surface area (Å²) in [4.78, 5) is 5.20. The van der Waals surface area contributed by atoms with Crippen molar-refractivity contribution in [1.29, 1.82) is 0 Å². The minimum absolute atomic E-state index is 0.742. The first-order chi connectivity index (χ1) is 9.22. The Labute approximate surface area is 118 Å². The summed E-state index contributed by atoms with van der Waals surface area (Å²) < 4.78 is 0. The third-order valence-corrected chi connectivity index (χ3v) is 4.46. The summed E-state index contributed by atoms with van der Waals surface area (Å²) in [5.41, 5.74) is 2.89. The van der Waals surface area contributed by atoms with Gasteiger partial charge < -0.3 is 0 Å². The van der Waals surface area contributed by atoms with Crippen LogP contribution >= 0.6 is 0 Å². The molecule has 19 heavy (non-hydrogen) atoms. The maximum absolute atomic E-state index is 2.62. The van der Waals surface area contributed by atoms with E-state index < -0.39 is 0 Å². The van der Waals surface area contributed by atoms with Crippen molar-refractivity contribution in [3.63, 3.8) is 0 Å². The zero-order chi connectivity index (χ0) is 13.7. The van der Waals surface area contributed by atoms with Crippen molar-refractivity contribution in [1.82, 2.24) is 9.80 Å². The van der Waals surface area contributed by atoms with Crippen LogP contribution in [-0.2, 0) is 13.0 Å². The van der Waals surface area contributed by atoms with Crippen LogP contribution < -0.4 is 0 Å². The summed E-state index contributed by atoms with van der Waals surface area (Å²) >= 11 is 0. The lowest BCUT2D eigenvalue weighted by Crippen LogP contribution is -2.48. The smallest absolute Gasteiger partial charge is 0.0234 e. The van der Waals surface area contributed by atoms with Gasteiger partial charge in [-0.05, 0) is 30.9 Å². The quantitative estimate of drug-likeness (QED) is 0.802. The Hall–Kier alpha value is -0.860. The molecule has 106 valence electrons. The Morgan fingerprint density at radius 2 is 1.53 bits per heavy atom. The SMILES string of the molecule is CCc1ccc(CN2CCN(C(C)CC)CC2)cc1. The maximum Gasteiger partial charge on any atom is 0.0234 e. The van der Waals surface area contributed by atoms with E-state index in [4.69, 9.17) is 0 Å². The summed E-state index contributed by atoms with van der Waals surface area (Å²) in [6.45, 7) is 12.8. The van der Waals surface area contributed by atoms with Crippen LogP contribution in [0.15, 0.2) is 24.3 Å². The van der Waals surface area contributed by atoms with E-state index >= 15 is 0 Å². The molecule has 1 heterocycles. The Balaban J connectivity index is 1.81. The number of aryl methyl sites for hydroxylation is 1. The Kier molecular flexibility index (Phi) is 5.41. The van der Waals surface area contributed by atoms with E-state index in [0.717, 1.165) is 19.0 Å². The van der Waals surface area contributed by atoms with E-state index in [9.17, 15) is 0 Å². The first-order valence-electron chi connectivity index (χ1n) is 7.77. The van der Waals surface area contributed by atoms with E-state index in [2.05, 4.69) is 54.8 Å². The molecule has 2 heteroatoms.